The molecule has 0 spiro atoms. The lowest BCUT2D eigenvalue weighted by Gasteiger charge is -2.24. The monoisotopic (exact) mass is 191 g/mol. The highest BCUT2D eigenvalue weighted by Gasteiger charge is 2.27. The Morgan fingerprint density at radius 1 is 1.50 bits per heavy atom. The summed E-state index contributed by atoms with van der Waals surface area (Å²) < 4.78 is 0. The molecule has 2 heteroatoms. The molecule has 1 heterocycles. The maximum atomic E-state index is 9.35. The fourth-order valence-electron chi connectivity index (χ4n) is 2.22. The Balaban J connectivity index is 2.10. The van der Waals surface area contributed by atoms with Crippen LogP contribution in [0.2, 0.25) is 0 Å². The van der Waals surface area contributed by atoms with E-state index in [1.54, 1.807) is 6.07 Å². The molecule has 2 nitrogen and oxygen atoms in total. The van der Waals surface area contributed by atoms with Crippen molar-refractivity contribution in [2.24, 2.45) is 0 Å². The normalized spacial score (nSPS) is 26.6. The number of nitrogens with one attached hydrogen (secondary N) is 1. The third-order valence-corrected chi connectivity index (χ3v) is 2.96. The number of benzene rings is 1. The van der Waals surface area contributed by atoms with E-state index in [4.69, 9.17) is 0 Å². The van der Waals surface area contributed by atoms with Crippen molar-refractivity contribution in [3.8, 4) is 5.75 Å². The van der Waals surface area contributed by atoms with Crippen LogP contribution < -0.4 is 5.32 Å². The fraction of sp³-hybridized carbons (Fsp3) is 0.500. The van der Waals surface area contributed by atoms with Gasteiger partial charge in [-0.05, 0) is 50.4 Å². The maximum Gasteiger partial charge on any atom is 0.115 e. The minimum atomic E-state index is 0.230. The Morgan fingerprint density at radius 2 is 2.36 bits per heavy atom. The van der Waals surface area contributed by atoms with Crippen LogP contribution >= 0.6 is 0 Å². The first-order valence-corrected chi connectivity index (χ1v) is 5.21. The minimum absolute atomic E-state index is 0.230. The molecule has 1 aromatic rings. The number of hydrogen-bond acceptors (Lipinski definition) is 2. The first-order valence-electron chi connectivity index (χ1n) is 5.21. The summed E-state index contributed by atoms with van der Waals surface area (Å²) in [5.41, 5.74) is 1.44. The Kier molecular flexibility index (Phi) is 2.46. The van der Waals surface area contributed by atoms with Crippen LogP contribution in [-0.2, 0) is 6.42 Å². The average Bonchev–Trinajstić information content (AvgIpc) is 2.51. The first kappa shape index (κ1) is 9.53. The molecule has 14 heavy (non-hydrogen) atoms. The van der Waals surface area contributed by atoms with Crippen molar-refractivity contribution in [2.45, 2.75) is 31.7 Å². The highest BCUT2D eigenvalue weighted by atomic mass is 16.3. The zero-order valence-electron chi connectivity index (χ0n) is 8.59. The van der Waals surface area contributed by atoms with E-state index in [2.05, 4.69) is 18.3 Å². The van der Waals surface area contributed by atoms with Crippen LogP contribution in [-0.4, -0.2) is 17.2 Å². The molecule has 1 atom stereocenters. The maximum absolute atomic E-state index is 9.35. The van der Waals surface area contributed by atoms with Crippen LogP contribution in [0.4, 0.5) is 0 Å². The number of rotatable bonds is 2. The predicted molar refractivity (Wildman–Crippen MR) is 57.5 cm³/mol. The van der Waals surface area contributed by atoms with Gasteiger partial charge in [0.25, 0.3) is 0 Å². The van der Waals surface area contributed by atoms with Crippen molar-refractivity contribution < 1.29 is 5.11 Å². The van der Waals surface area contributed by atoms with E-state index in [1.807, 2.05) is 12.1 Å². The van der Waals surface area contributed by atoms with Crippen LogP contribution in [0.1, 0.15) is 25.3 Å². The highest BCUT2D eigenvalue weighted by molar-refractivity contribution is 5.28. The molecule has 0 bridgehead atoms. The number of phenols is 1. The second kappa shape index (κ2) is 3.62. The van der Waals surface area contributed by atoms with Crippen molar-refractivity contribution in [1.29, 1.82) is 0 Å². The molecule has 2 N–H and O–H groups in total. The third kappa shape index (κ3) is 2.07. The van der Waals surface area contributed by atoms with Crippen LogP contribution in [0, 0.1) is 0 Å². The van der Waals surface area contributed by atoms with Gasteiger partial charge in [0.05, 0.1) is 0 Å². The number of hydrogen-bond donors (Lipinski definition) is 2. The van der Waals surface area contributed by atoms with Crippen molar-refractivity contribution >= 4 is 0 Å². The van der Waals surface area contributed by atoms with Gasteiger partial charge in [-0.1, -0.05) is 12.1 Å². The lowest BCUT2D eigenvalue weighted by molar-refractivity contribution is 0.411. The molecule has 1 aliphatic heterocycles. The van der Waals surface area contributed by atoms with Gasteiger partial charge in [0.1, 0.15) is 5.75 Å². The van der Waals surface area contributed by atoms with Crippen molar-refractivity contribution in [2.75, 3.05) is 6.54 Å². The van der Waals surface area contributed by atoms with E-state index in [1.165, 1.54) is 18.4 Å². The lowest BCUT2D eigenvalue weighted by atomic mass is 9.91. The van der Waals surface area contributed by atoms with Gasteiger partial charge in [-0.25, -0.2) is 0 Å². The molecule has 76 valence electrons. The quantitative estimate of drug-likeness (QED) is 0.750. The summed E-state index contributed by atoms with van der Waals surface area (Å²) >= 11 is 0. The van der Waals surface area contributed by atoms with E-state index in [0.717, 1.165) is 13.0 Å². The molecule has 0 amide bonds. The van der Waals surface area contributed by atoms with Gasteiger partial charge < -0.3 is 10.4 Å². The van der Waals surface area contributed by atoms with Crippen molar-refractivity contribution in [3.05, 3.63) is 29.8 Å². The summed E-state index contributed by atoms with van der Waals surface area (Å²) in [6.07, 6.45) is 3.49. The average molecular weight is 191 g/mol. The van der Waals surface area contributed by atoms with Gasteiger partial charge in [-0.3, -0.25) is 0 Å². The SMILES string of the molecule is CC1(Cc2cccc(O)c2)CCCN1. The van der Waals surface area contributed by atoms with Gasteiger partial charge in [0, 0.05) is 5.54 Å². The first-order chi connectivity index (χ1) is 6.68. The Hall–Kier alpha value is -1.02. The Bertz CT molecular complexity index is 316. The molecular weight excluding hydrogens is 174 g/mol. The molecule has 0 radical (unpaired) electrons. The van der Waals surface area contributed by atoms with Gasteiger partial charge in [-0.2, -0.15) is 0 Å². The van der Waals surface area contributed by atoms with E-state index in [-0.39, 0.29) is 5.54 Å². The van der Waals surface area contributed by atoms with Gasteiger partial charge in [-0.15, -0.1) is 0 Å². The minimum Gasteiger partial charge on any atom is -0.508 e. The van der Waals surface area contributed by atoms with E-state index in [9.17, 15) is 5.11 Å². The van der Waals surface area contributed by atoms with Crippen molar-refractivity contribution in [1.82, 2.24) is 5.32 Å². The molecule has 1 saturated heterocycles. The Morgan fingerprint density at radius 3 is 3.00 bits per heavy atom. The van der Waals surface area contributed by atoms with E-state index < -0.39 is 0 Å². The van der Waals surface area contributed by atoms with Crippen molar-refractivity contribution in [3.63, 3.8) is 0 Å². The van der Waals surface area contributed by atoms with Crippen LogP contribution in [0.25, 0.3) is 0 Å². The number of aromatic hydroxyl groups is 1. The molecule has 1 unspecified atom stereocenters. The molecular formula is C12H17NO. The second-order valence-corrected chi connectivity index (χ2v) is 4.44. The number of phenolic OH excluding ortho intramolecular Hbond substituents is 1. The zero-order valence-corrected chi connectivity index (χ0v) is 8.59. The van der Waals surface area contributed by atoms with E-state index in [0.29, 0.717) is 5.75 Å². The molecule has 1 aromatic carbocycles. The molecule has 0 aliphatic carbocycles. The molecule has 2 rings (SSSR count). The standard InChI is InChI=1S/C12H17NO/c1-12(6-3-7-13-12)9-10-4-2-5-11(14)8-10/h2,4-5,8,13-14H,3,6-7,9H2,1H3. The van der Waals surface area contributed by atoms with Crippen LogP contribution in [0.5, 0.6) is 5.75 Å². The third-order valence-electron chi connectivity index (χ3n) is 2.96. The van der Waals surface area contributed by atoms with Crippen LogP contribution in [0.3, 0.4) is 0 Å². The Labute approximate surface area is 85.0 Å². The largest absolute Gasteiger partial charge is 0.508 e. The van der Waals surface area contributed by atoms with Crippen LogP contribution in [0.15, 0.2) is 24.3 Å². The van der Waals surface area contributed by atoms with Gasteiger partial charge >= 0.3 is 0 Å². The lowest BCUT2D eigenvalue weighted by Crippen LogP contribution is -2.38. The molecule has 0 saturated carbocycles. The smallest absolute Gasteiger partial charge is 0.115 e. The summed E-state index contributed by atoms with van der Waals surface area (Å²) in [6.45, 7) is 3.37. The predicted octanol–water partition coefficient (Wildman–Crippen LogP) is 2.08. The van der Waals surface area contributed by atoms with Gasteiger partial charge in [0.15, 0.2) is 0 Å². The highest BCUT2D eigenvalue weighted by Crippen LogP contribution is 2.24. The molecule has 1 aliphatic rings. The molecule has 0 aromatic heterocycles. The summed E-state index contributed by atoms with van der Waals surface area (Å²) in [5.74, 6) is 0.365. The van der Waals surface area contributed by atoms with E-state index >= 15 is 0 Å². The summed E-state index contributed by atoms with van der Waals surface area (Å²) in [5, 5.41) is 12.9. The second-order valence-electron chi connectivity index (χ2n) is 4.44. The summed E-state index contributed by atoms with van der Waals surface area (Å²) in [7, 11) is 0. The zero-order chi connectivity index (χ0) is 10.0. The summed E-state index contributed by atoms with van der Waals surface area (Å²) in [6, 6.07) is 7.55. The van der Waals surface area contributed by atoms with Gasteiger partial charge in [0.2, 0.25) is 0 Å². The summed E-state index contributed by atoms with van der Waals surface area (Å²) in [4.78, 5) is 0. The fourth-order valence-corrected chi connectivity index (χ4v) is 2.22. The molecule has 1 fully saturated rings. The topological polar surface area (TPSA) is 32.3 Å².